The molecule has 1 heterocycles. The summed E-state index contributed by atoms with van der Waals surface area (Å²) in [6.07, 6.45) is 0. The van der Waals surface area contributed by atoms with Gasteiger partial charge in [-0.05, 0) is 13.0 Å². The van der Waals surface area contributed by atoms with E-state index in [-0.39, 0.29) is 5.78 Å². The summed E-state index contributed by atoms with van der Waals surface area (Å²) in [5.74, 6) is -0.00468. The van der Waals surface area contributed by atoms with Crippen molar-refractivity contribution < 1.29 is 4.79 Å². The minimum atomic E-state index is -0.00468. The van der Waals surface area contributed by atoms with Crippen LogP contribution in [-0.4, -0.2) is 10.8 Å². The highest BCUT2D eigenvalue weighted by Gasteiger charge is 2.10. The molecule has 0 bridgehead atoms. The summed E-state index contributed by atoms with van der Waals surface area (Å²) in [6.45, 7) is 1.97. The Morgan fingerprint density at radius 2 is 2.29 bits per heavy atom. The predicted octanol–water partition coefficient (Wildman–Crippen LogP) is 2.68. The molecule has 0 N–H and O–H groups in total. The number of hydrogen-bond donors (Lipinski definition) is 0. The van der Waals surface area contributed by atoms with Gasteiger partial charge in [0.1, 0.15) is 5.69 Å². The molecular formula is C11H9NOS. The number of benzene rings is 1. The van der Waals surface area contributed by atoms with Gasteiger partial charge < -0.3 is 0 Å². The summed E-state index contributed by atoms with van der Waals surface area (Å²) in [5.41, 5.74) is 3.99. The molecule has 3 heteroatoms. The summed E-state index contributed by atoms with van der Waals surface area (Å²) < 4.78 is 0. The summed E-state index contributed by atoms with van der Waals surface area (Å²) in [6, 6.07) is 7.54. The Morgan fingerprint density at radius 1 is 1.43 bits per heavy atom. The average Bonchev–Trinajstić information content (AvgIpc) is 2.69. The highest BCUT2D eigenvalue weighted by molar-refractivity contribution is 7.07. The van der Waals surface area contributed by atoms with Crippen LogP contribution in [0.2, 0.25) is 0 Å². The first kappa shape index (κ1) is 9.09. The largest absolute Gasteiger partial charge is 0.287 e. The third-order valence-electron chi connectivity index (χ3n) is 1.95. The Balaban J connectivity index is 2.37. The fourth-order valence-corrected chi connectivity index (χ4v) is 1.79. The summed E-state index contributed by atoms with van der Waals surface area (Å²) >= 11 is 1.43. The Kier molecular flexibility index (Phi) is 2.41. The van der Waals surface area contributed by atoms with E-state index in [2.05, 4.69) is 4.98 Å². The van der Waals surface area contributed by atoms with Gasteiger partial charge in [0.05, 0.1) is 5.51 Å². The highest BCUT2D eigenvalue weighted by Crippen LogP contribution is 2.11. The molecule has 0 saturated heterocycles. The van der Waals surface area contributed by atoms with Gasteiger partial charge in [-0.25, -0.2) is 4.98 Å². The van der Waals surface area contributed by atoms with E-state index in [9.17, 15) is 4.79 Å². The molecule has 0 unspecified atom stereocenters. The Bertz CT molecular complexity index is 448. The molecule has 70 valence electrons. The van der Waals surface area contributed by atoms with Gasteiger partial charge >= 0.3 is 0 Å². The smallest absolute Gasteiger partial charge is 0.212 e. The van der Waals surface area contributed by atoms with Gasteiger partial charge in [-0.2, -0.15) is 0 Å². The van der Waals surface area contributed by atoms with Crippen molar-refractivity contribution in [3.8, 4) is 0 Å². The predicted molar refractivity (Wildman–Crippen MR) is 56.7 cm³/mol. The van der Waals surface area contributed by atoms with E-state index in [0.717, 1.165) is 5.56 Å². The lowest BCUT2D eigenvalue weighted by Gasteiger charge is -1.98. The first-order valence-corrected chi connectivity index (χ1v) is 5.21. The van der Waals surface area contributed by atoms with Crippen molar-refractivity contribution >= 4 is 17.1 Å². The molecule has 14 heavy (non-hydrogen) atoms. The van der Waals surface area contributed by atoms with E-state index in [1.807, 2.05) is 31.2 Å². The molecule has 0 aliphatic carbocycles. The second-order valence-corrected chi connectivity index (χ2v) is 3.79. The first-order chi connectivity index (χ1) is 6.77. The molecule has 0 radical (unpaired) electrons. The molecule has 0 amide bonds. The first-order valence-electron chi connectivity index (χ1n) is 4.27. The maximum absolute atomic E-state index is 11.8. The zero-order chi connectivity index (χ0) is 9.97. The lowest BCUT2D eigenvalue weighted by atomic mass is 10.1. The molecule has 0 saturated carbocycles. The summed E-state index contributed by atoms with van der Waals surface area (Å²) in [5, 5.41) is 1.77. The molecular weight excluding hydrogens is 194 g/mol. The second-order valence-electron chi connectivity index (χ2n) is 3.07. The molecule has 0 aliphatic heterocycles. The molecule has 0 atom stereocenters. The Hall–Kier alpha value is -1.48. The third-order valence-corrected chi connectivity index (χ3v) is 2.53. The number of thiazole rings is 1. The lowest BCUT2D eigenvalue weighted by molar-refractivity contribution is 0.103. The van der Waals surface area contributed by atoms with Crippen LogP contribution >= 0.6 is 11.3 Å². The molecule has 0 fully saturated rings. The highest BCUT2D eigenvalue weighted by atomic mass is 32.1. The van der Waals surface area contributed by atoms with Crippen LogP contribution in [0.5, 0.6) is 0 Å². The molecule has 2 nitrogen and oxygen atoms in total. The van der Waals surface area contributed by atoms with Crippen LogP contribution in [0.4, 0.5) is 0 Å². The minimum absolute atomic E-state index is 0.00468. The van der Waals surface area contributed by atoms with E-state index < -0.39 is 0 Å². The van der Waals surface area contributed by atoms with Crippen molar-refractivity contribution in [1.82, 2.24) is 4.98 Å². The van der Waals surface area contributed by atoms with Crippen molar-refractivity contribution in [2.45, 2.75) is 6.92 Å². The minimum Gasteiger partial charge on any atom is -0.287 e. The van der Waals surface area contributed by atoms with Gasteiger partial charge in [0.2, 0.25) is 5.78 Å². The molecule has 1 aromatic carbocycles. The number of carbonyl (C=O) groups is 1. The molecule has 0 aliphatic rings. The van der Waals surface area contributed by atoms with Crippen molar-refractivity contribution in [2.75, 3.05) is 0 Å². The van der Waals surface area contributed by atoms with Gasteiger partial charge in [-0.1, -0.05) is 23.8 Å². The summed E-state index contributed by atoms with van der Waals surface area (Å²) in [4.78, 5) is 15.8. The van der Waals surface area contributed by atoms with E-state index in [1.165, 1.54) is 11.3 Å². The molecule has 0 spiro atoms. The lowest BCUT2D eigenvalue weighted by Crippen LogP contribution is -2.01. The fraction of sp³-hybridized carbons (Fsp3) is 0.0909. The topological polar surface area (TPSA) is 30.0 Å². The van der Waals surface area contributed by atoms with Crippen LogP contribution in [0.3, 0.4) is 0 Å². The van der Waals surface area contributed by atoms with Gasteiger partial charge in [0, 0.05) is 10.9 Å². The number of nitrogens with zero attached hydrogens (tertiary/aromatic N) is 1. The van der Waals surface area contributed by atoms with Gasteiger partial charge in [-0.15, -0.1) is 11.3 Å². The summed E-state index contributed by atoms with van der Waals surface area (Å²) in [7, 11) is 0. The van der Waals surface area contributed by atoms with Crippen LogP contribution in [0.15, 0.2) is 35.2 Å². The van der Waals surface area contributed by atoms with Gasteiger partial charge in [-0.3, -0.25) is 4.79 Å². The maximum Gasteiger partial charge on any atom is 0.212 e. The Morgan fingerprint density at radius 3 is 2.93 bits per heavy atom. The van der Waals surface area contributed by atoms with Crippen LogP contribution in [-0.2, 0) is 0 Å². The Labute approximate surface area is 86.2 Å². The average molecular weight is 203 g/mol. The van der Waals surface area contributed by atoms with E-state index in [1.54, 1.807) is 10.9 Å². The standard InChI is InChI=1S/C11H9NOS/c1-8-3-2-4-9(5-8)11(13)10-6-14-7-12-10/h2-7H,1H3. The number of rotatable bonds is 2. The van der Waals surface area contributed by atoms with Crippen LogP contribution in [0.25, 0.3) is 0 Å². The van der Waals surface area contributed by atoms with E-state index in [4.69, 9.17) is 0 Å². The van der Waals surface area contributed by atoms with Crippen LogP contribution in [0.1, 0.15) is 21.6 Å². The number of ketones is 1. The SMILES string of the molecule is Cc1cccc(C(=O)c2cscn2)c1. The fourth-order valence-electron chi connectivity index (χ4n) is 1.26. The zero-order valence-electron chi connectivity index (χ0n) is 7.73. The van der Waals surface area contributed by atoms with Gasteiger partial charge in [0.25, 0.3) is 0 Å². The quantitative estimate of drug-likeness (QED) is 0.702. The number of hydrogen-bond acceptors (Lipinski definition) is 3. The number of aryl methyl sites for hydroxylation is 1. The van der Waals surface area contributed by atoms with Crippen molar-refractivity contribution in [3.63, 3.8) is 0 Å². The normalized spacial score (nSPS) is 10.1. The van der Waals surface area contributed by atoms with Gasteiger partial charge in [0.15, 0.2) is 0 Å². The zero-order valence-corrected chi connectivity index (χ0v) is 8.54. The molecule has 2 rings (SSSR count). The van der Waals surface area contributed by atoms with E-state index in [0.29, 0.717) is 11.3 Å². The van der Waals surface area contributed by atoms with E-state index >= 15 is 0 Å². The third kappa shape index (κ3) is 1.72. The second kappa shape index (κ2) is 3.72. The van der Waals surface area contributed by atoms with Crippen molar-refractivity contribution in [2.24, 2.45) is 0 Å². The monoisotopic (exact) mass is 203 g/mol. The van der Waals surface area contributed by atoms with Crippen molar-refractivity contribution in [3.05, 3.63) is 52.0 Å². The number of carbonyl (C=O) groups excluding carboxylic acids is 1. The molecule has 2 aromatic rings. The van der Waals surface area contributed by atoms with Crippen LogP contribution in [0, 0.1) is 6.92 Å². The maximum atomic E-state index is 11.8. The van der Waals surface area contributed by atoms with Crippen LogP contribution < -0.4 is 0 Å². The molecule has 1 aromatic heterocycles. The number of aromatic nitrogens is 1. The van der Waals surface area contributed by atoms with Crippen molar-refractivity contribution in [1.29, 1.82) is 0 Å².